The van der Waals surface area contributed by atoms with E-state index in [0.29, 0.717) is 6.54 Å². The van der Waals surface area contributed by atoms with Crippen LogP contribution in [-0.2, 0) is 20.0 Å². The Balaban J connectivity index is 0.00000364. The van der Waals surface area contributed by atoms with Gasteiger partial charge in [0.2, 0.25) is 0 Å². The maximum absolute atomic E-state index is 5.37. The lowest BCUT2D eigenvalue weighted by atomic mass is 10.1. The molecule has 0 fully saturated rings. The highest BCUT2D eigenvalue weighted by molar-refractivity contribution is 14.0. The van der Waals surface area contributed by atoms with E-state index in [4.69, 9.17) is 14.5 Å². The summed E-state index contributed by atoms with van der Waals surface area (Å²) in [7, 11) is 7.42. The second-order valence-electron chi connectivity index (χ2n) is 6.14. The second kappa shape index (κ2) is 11.7. The summed E-state index contributed by atoms with van der Waals surface area (Å²) in [5.41, 5.74) is 2.42. The highest BCUT2D eigenvalue weighted by Crippen LogP contribution is 2.27. The minimum absolute atomic E-state index is 0. The third-order valence-electron chi connectivity index (χ3n) is 4.26. The van der Waals surface area contributed by atoms with Crippen molar-refractivity contribution in [3.8, 4) is 11.5 Å². The van der Waals surface area contributed by atoms with Crippen molar-refractivity contribution in [2.45, 2.75) is 19.9 Å². The summed E-state index contributed by atoms with van der Waals surface area (Å²) in [6.07, 6.45) is 2.90. The molecule has 0 spiro atoms. The Morgan fingerprint density at radius 2 is 1.93 bits per heavy atom. The van der Waals surface area contributed by atoms with Crippen molar-refractivity contribution in [1.29, 1.82) is 0 Å². The average molecular weight is 486 g/mol. The third kappa shape index (κ3) is 6.64. The van der Waals surface area contributed by atoms with Gasteiger partial charge in [-0.1, -0.05) is 6.07 Å². The van der Waals surface area contributed by atoms with Gasteiger partial charge in [-0.15, -0.1) is 24.0 Å². The molecule has 0 saturated heterocycles. The molecular weight excluding hydrogens is 455 g/mol. The van der Waals surface area contributed by atoms with E-state index in [-0.39, 0.29) is 24.0 Å². The molecular formula is C20H31IN4O2. The van der Waals surface area contributed by atoms with E-state index in [1.165, 1.54) is 11.3 Å². The molecule has 0 unspecified atom stereocenters. The molecule has 6 nitrogen and oxygen atoms in total. The lowest BCUT2D eigenvalue weighted by molar-refractivity contribution is 0.354. The molecule has 0 radical (unpaired) electrons. The first kappa shape index (κ1) is 23.1. The fourth-order valence-corrected chi connectivity index (χ4v) is 2.78. The van der Waals surface area contributed by atoms with Crippen LogP contribution in [0.25, 0.3) is 0 Å². The molecule has 0 aliphatic carbocycles. The maximum atomic E-state index is 5.37. The highest BCUT2D eigenvalue weighted by Gasteiger charge is 2.09. The molecule has 0 atom stereocenters. The smallest absolute Gasteiger partial charge is 0.194 e. The van der Waals surface area contributed by atoms with Gasteiger partial charge in [-0.25, -0.2) is 0 Å². The number of halogens is 1. The van der Waals surface area contributed by atoms with Gasteiger partial charge in [0.1, 0.15) is 0 Å². The Labute approximate surface area is 179 Å². The van der Waals surface area contributed by atoms with Crippen molar-refractivity contribution >= 4 is 29.9 Å². The Morgan fingerprint density at radius 3 is 2.52 bits per heavy atom. The average Bonchev–Trinajstić information content (AvgIpc) is 3.05. The zero-order valence-corrected chi connectivity index (χ0v) is 19.2. The molecule has 0 aliphatic rings. The van der Waals surface area contributed by atoms with E-state index in [0.717, 1.165) is 37.0 Å². The number of aryl methyl sites for hydroxylation is 1. The maximum Gasteiger partial charge on any atom is 0.194 e. The summed E-state index contributed by atoms with van der Waals surface area (Å²) < 4.78 is 12.8. The van der Waals surface area contributed by atoms with E-state index in [9.17, 15) is 0 Å². The molecule has 0 aliphatic heterocycles. The second-order valence-corrected chi connectivity index (χ2v) is 6.14. The summed E-state index contributed by atoms with van der Waals surface area (Å²) in [6, 6.07) is 10.2. The number of nitrogens with zero attached hydrogens (tertiary/aromatic N) is 3. The van der Waals surface area contributed by atoms with Crippen LogP contribution < -0.4 is 14.8 Å². The van der Waals surface area contributed by atoms with E-state index in [2.05, 4.69) is 60.2 Å². The molecule has 27 heavy (non-hydrogen) atoms. The van der Waals surface area contributed by atoms with E-state index in [1.54, 1.807) is 14.2 Å². The molecule has 0 amide bonds. The fraction of sp³-hybridized carbons (Fsp3) is 0.450. The molecule has 1 aromatic carbocycles. The van der Waals surface area contributed by atoms with Crippen molar-refractivity contribution in [2.75, 3.05) is 34.4 Å². The van der Waals surface area contributed by atoms with Gasteiger partial charge in [0, 0.05) is 39.1 Å². The number of nitrogens with one attached hydrogen (secondary N) is 1. The van der Waals surface area contributed by atoms with Crippen LogP contribution in [-0.4, -0.2) is 49.8 Å². The Hall–Kier alpha value is -1.90. The van der Waals surface area contributed by atoms with Gasteiger partial charge in [0.15, 0.2) is 17.5 Å². The predicted octanol–water partition coefficient (Wildman–Crippen LogP) is 3.30. The monoisotopic (exact) mass is 486 g/mol. The number of methoxy groups -OCH3 is 2. The van der Waals surface area contributed by atoms with E-state index >= 15 is 0 Å². The molecule has 2 rings (SSSR count). The summed E-state index contributed by atoms with van der Waals surface area (Å²) in [5, 5.41) is 3.36. The Kier molecular flexibility index (Phi) is 10.1. The summed E-state index contributed by atoms with van der Waals surface area (Å²) >= 11 is 0. The van der Waals surface area contributed by atoms with Gasteiger partial charge in [-0.2, -0.15) is 0 Å². The number of aliphatic imine (C=N–C) groups is 1. The predicted molar refractivity (Wildman–Crippen MR) is 122 cm³/mol. The number of hydrogen-bond donors (Lipinski definition) is 1. The molecule has 1 aromatic heterocycles. The van der Waals surface area contributed by atoms with Gasteiger partial charge in [0.05, 0.1) is 20.8 Å². The minimum atomic E-state index is 0. The fourth-order valence-electron chi connectivity index (χ4n) is 2.78. The first-order chi connectivity index (χ1) is 12.6. The lowest BCUT2D eigenvalue weighted by Gasteiger charge is -2.22. The Bertz CT molecular complexity index is 731. The summed E-state index contributed by atoms with van der Waals surface area (Å²) in [5.74, 6) is 2.41. The molecule has 1 N–H and O–H groups in total. The van der Waals surface area contributed by atoms with Crippen LogP contribution in [0.1, 0.15) is 18.2 Å². The number of ether oxygens (including phenoxy) is 2. The number of aromatic nitrogens is 1. The number of guanidine groups is 1. The van der Waals surface area contributed by atoms with Gasteiger partial charge < -0.3 is 24.3 Å². The zero-order chi connectivity index (χ0) is 18.9. The zero-order valence-electron chi connectivity index (χ0n) is 16.9. The number of benzene rings is 1. The van der Waals surface area contributed by atoms with Crippen LogP contribution in [0.3, 0.4) is 0 Å². The summed E-state index contributed by atoms with van der Waals surface area (Å²) in [6.45, 7) is 4.44. The first-order valence-corrected chi connectivity index (χ1v) is 8.89. The third-order valence-corrected chi connectivity index (χ3v) is 4.26. The largest absolute Gasteiger partial charge is 0.493 e. The van der Waals surface area contributed by atoms with Gasteiger partial charge in [-0.3, -0.25) is 4.99 Å². The topological polar surface area (TPSA) is 51.0 Å². The normalized spacial score (nSPS) is 10.9. The van der Waals surface area contributed by atoms with Crippen LogP contribution in [0.5, 0.6) is 11.5 Å². The highest BCUT2D eigenvalue weighted by atomic mass is 127. The molecule has 1 heterocycles. The molecule has 7 heteroatoms. The van der Waals surface area contributed by atoms with Crippen LogP contribution in [0.2, 0.25) is 0 Å². The van der Waals surface area contributed by atoms with Crippen LogP contribution in [0, 0.1) is 0 Å². The van der Waals surface area contributed by atoms with Crippen LogP contribution >= 0.6 is 24.0 Å². The van der Waals surface area contributed by atoms with Crippen molar-refractivity contribution < 1.29 is 9.47 Å². The summed E-state index contributed by atoms with van der Waals surface area (Å²) in [4.78, 5) is 6.91. The number of rotatable bonds is 8. The Morgan fingerprint density at radius 1 is 1.19 bits per heavy atom. The standard InChI is InChI=1S/C20H30N4O2.HI/c1-6-21-20(24(3)15-17-8-7-13-23(17)2)22-12-11-16-9-10-18(25-4)19(14-16)26-5;/h7-10,13-14H,6,11-12,15H2,1-5H3,(H,21,22);1H. The van der Waals surface area contributed by atoms with Crippen molar-refractivity contribution in [1.82, 2.24) is 14.8 Å². The molecule has 150 valence electrons. The van der Waals surface area contributed by atoms with E-state index in [1.807, 2.05) is 12.1 Å². The van der Waals surface area contributed by atoms with Crippen molar-refractivity contribution in [3.63, 3.8) is 0 Å². The van der Waals surface area contributed by atoms with Crippen molar-refractivity contribution in [3.05, 3.63) is 47.8 Å². The van der Waals surface area contributed by atoms with Gasteiger partial charge in [-0.05, 0) is 43.2 Å². The lowest BCUT2D eigenvalue weighted by Crippen LogP contribution is -2.39. The SMILES string of the molecule is CCNC(=NCCc1ccc(OC)c(OC)c1)N(C)Cc1cccn1C.I. The first-order valence-electron chi connectivity index (χ1n) is 8.89. The van der Waals surface area contributed by atoms with Crippen LogP contribution in [0.15, 0.2) is 41.5 Å². The van der Waals surface area contributed by atoms with E-state index < -0.39 is 0 Å². The quantitative estimate of drug-likeness (QED) is 0.354. The van der Waals surface area contributed by atoms with Crippen molar-refractivity contribution in [2.24, 2.45) is 12.0 Å². The van der Waals surface area contributed by atoms with Gasteiger partial charge in [0.25, 0.3) is 0 Å². The van der Waals surface area contributed by atoms with Gasteiger partial charge >= 0.3 is 0 Å². The minimum Gasteiger partial charge on any atom is -0.493 e. The number of hydrogen-bond acceptors (Lipinski definition) is 3. The molecule has 0 bridgehead atoms. The molecule has 0 saturated carbocycles. The van der Waals surface area contributed by atoms with Crippen LogP contribution in [0.4, 0.5) is 0 Å². The molecule has 2 aromatic rings.